The predicted molar refractivity (Wildman–Crippen MR) is 84.6 cm³/mol. The molecule has 1 aliphatic heterocycles. The number of nitrogens with zero attached hydrogens (tertiary/aromatic N) is 1. The molecule has 2 bridgehead atoms. The summed E-state index contributed by atoms with van der Waals surface area (Å²) in [5, 5.41) is 3.20. The van der Waals surface area contributed by atoms with Crippen LogP contribution < -0.4 is 5.32 Å². The van der Waals surface area contributed by atoms with E-state index in [1.165, 1.54) is 0 Å². The van der Waals surface area contributed by atoms with E-state index in [2.05, 4.69) is 5.32 Å². The molecule has 3 amide bonds. The maximum absolute atomic E-state index is 12.5. The third-order valence-electron chi connectivity index (χ3n) is 5.43. The van der Waals surface area contributed by atoms with Crippen LogP contribution in [-0.2, 0) is 14.4 Å². The van der Waals surface area contributed by atoms with E-state index in [9.17, 15) is 14.4 Å². The van der Waals surface area contributed by atoms with Gasteiger partial charge in [0.05, 0.1) is 11.8 Å². The Morgan fingerprint density at radius 3 is 2.43 bits per heavy atom. The number of imide groups is 1. The topological polar surface area (TPSA) is 66.5 Å². The highest BCUT2D eigenvalue weighted by Crippen LogP contribution is 2.56. The maximum Gasteiger partial charge on any atom is 0.244 e. The molecule has 5 nitrogen and oxygen atoms in total. The Balaban J connectivity index is 1.46. The van der Waals surface area contributed by atoms with Gasteiger partial charge in [0.2, 0.25) is 17.7 Å². The smallest absolute Gasteiger partial charge is 0.244 e. The fourth-order valence-corrected chi connectivity index (χ4v) is 4.73. The van der Waals surface area contributed by atoms with Crippen molar-refractivity contribution in [1.82, 2.24) is 4.90 Å². The molecule has 0 spiro atoms. The number of likely N-dealkylation sites (tertiary alicyclic amines) is 1. The zero-order chi connectivity index (χ0) is 16.1. The van der Waals surface area contributed by atoms with Crippen LogP contribution in [0.15, 0.2) is 24.3 Å². The molecule has 120 valence electrons. The first-order valence-electron chi connectivity index (χ1n) is 7.95. The van der Waals surface area contributed by atoms with E-state index in [0.29, 0.717) is 22.5 Å². The van der Waals surface area contributed by atoms with Gasteiger partial charge < -0.3 is 5.32 Å². The fourth-order valence-electron chi connectivity index (χ4n) is 4.54. The summed E-state index contributed by atoms with van der Waals surface area (Å²) in [6.45, 7) is -0.212. The lowest BCUT2D eigenvalue weighted by atomic mass is 9.81. The monoisotopic (exact) mass is 332 g/mol. The molecular weight excluding hydrogens is 316 g/mol. The van der Waals surface area contributed by atoms with Crippen molar-refractivity contribution in [3.63, 3.8) is 0 Å². The van der Waals surface area contributed by atoms with Crippen LogP contribution in [0.3, 0.4) is 0 Å². The second-order valence-electron chi connectivity index (χ2n) is 6.71. The van der Waals surface area contributed by atoms with Crippen molar-refractivity contribution >= 4 is 35.0 Å². The van der Waals surface area contributed by atoms with Crippen LogP contribution in [0.1, 0.15) is 19.3 Å². The van der Waals surface area contributed by atoms with Crippen molar-refractivity contribution in [2.24, 2.45) is 23.7 Å². The maximum atomic E-state index is 12.5. The number of nitrogens with one attached hydrogen (secondary N) is 1. The molecule has 1 aromatic carbocycles. The van der Waals surface area contributed by atoms with Gasteiger partial charge in [0.1, 0.15) is 6.54 Å². The number of anilines is 1. The van der Waals surface area contributed by atoms with E-state index in [1.54, 1.807) is 24.3 Å². The summed E-state index contributed by atoms with van der Waals surface area (Å²) in [4.78, 5) is 38.4. The molecule has 1 aromatic rings. The number of fused-ring (bicyclic) bond motifs is 5. The molecule has 0 radical (unpaired) electrons. The SMILES string of the molecule is O=C(CN1C(=O)[C@@H]2[C@@H]3CC[C@H](C3)[C@@H]2C1=O)Nc1cccc(Cl)c1. The predicted octanol–water partition coefficient (Wildman–Crippen LogP) is 2.31. The Morgan fingerprint density at radius 2 is 1.83 bits per heavy atom. The Morgan fingerprint density at radius 1 is 1.17 bits per heavy atom. The molecule has 1 heterocycles. The van der Waals surface area contributed by atoms with Gasteiger partial charge in [-0.2, -0.15) is 0 Å². The number of carbonyl (C=O) groups excluding carboxylic acids is 3. The quantitative estimate of drug-likeness (QED) is 0.864. The van der Waals surface area contributed by atoms with Gasteiger partial charge in [0.25, 0.3) is 0 Å². The molecule has 0 unspecified atom stereocenters. The van der Waals surface area contributed by atoms with Gasteiger partial charge in [-0.15, -0.1) is 0 Å². The number of benzene rings is 1. The average Bonchev–Trinajstić information content (AvgIpc) is 3.17. The van der Waals surface area contributed by atoms with E-state index in [-0.39, 0.29) is 36.1 Å². The lowest BCUT2D eigenvalue weighted by Crippen LogP contribution is -2.39. The number of carbonyl (C=O) groups is 3. The molecule has 3 aliphatic rings. The molecular formula is C17H17ClN2O3. The molecule has 3 fully saturated rings. The number of hydrogen-bond donors (Lipinski definition) is 1. The van der Waals surface area contributed by atoms with Gasteiger partial charge in [-0.05, 0) is 49.3 Å². The minimum absolute atomic E-state index is 0.159. The summed E-state index contributed by atoms with van der Waals surface area (Å²) in [6.07, 6.45) is 3.07. The Kier molecular flexibility index (Phi) is 3.41. The Hall–Kier alpha value is -1.88. The van der Waals surface area contributed by atoms with E-state index < -0.39 is 0 Å². The van der Waals surface area contributed by atoms with E-state index in [4.69, 9.17) is 11.6 Å². The highest BCUT2D eigenvalue weighted by molar-refractivity contribution is 6.30. The summed E-state index contributed by atoms with van der Waals surface area (Å²) in [6, 6.07) is 6.78. The number of halogens is 1. The third kappa shape index (κ3) is 2.34. The minimum Gasteiger partial charge on any atom is -0.324 e. The summed E-state index contributed by atoms with van der Waals surface area (Å²) < 4.78 is 0. The van der Waals surface area contributed by atoms with Crippen molar-refractivity contribution in [3.05, 3.63) is 29.3 Å². The summed E-state index contributed by atoms with van der Waals surface area (Å²) in [5.74, 6) is -0.381. The second kappa shape index (κ2) is 5.34. The molecule has 0 aromatic heterocycles. The minimum atomic E-state index is -0.374. The fraction of sp³-hybridized carbons (Fsp3) is 0.471. The number of rotatable bonds is 3. The van der Waals surface area contributed by atoms with Crippen LogP contribution in [0.5, 0.6) is 0 Å². The molecule has 4 atom stereocenters. The van der Waals surface area contributed by atoms with Gasteiger partial charge in [0, 0.05) is 10.7 Å². The van der Waals surface area contributed by atoms with Crippen molar-refractivity contribution in [2.45, 2.75) is 19.3 Å². The van der Waals surface area contributed by atoms with Gasteiger partial charge in [-0.3, -0.25) is 19.3 Å². The molecule has 6 heteroatoms. The molecule has 2 aliphatic carbocycles. The average molecular weight is 333 g/mol. The van der Waals surface area contributed by atoms with Gasteiger partial charge in [-0.25, -0.2) is 0 Å². The second-order valence-corrected chi connectivity index (χ2v) is 7.14. The van der Waals surface area contributed by atoms with Gasteiger partial charge in [-0.1, -0.05) is 17.7 Å². The van der Waals surface area contributed by atoms with E-state index in [0.717, 1.165) is 24.2 Å². The lowest BCUT2D eigenvalue weighted by Gasteiger charge is -2.19. The van der Waals surface area contributed by atoms with Crippen LogP contribution in [0.4, 0.5) is 5.69 Å². The first-order chi connectivity index (χ1) is 11.0. The van der Waals surface area contributed by atoms with Crippen LogP contribution in [0.25, 0.3) is 0 Å². The largest absolute Gasteiger partial charge is 0.324 e. The molecule has 2 saturated carbocycles. The van der Waals surface area contributed by atoms with Gasteiger partial charge >= 0.3 is 0 Å². The molecule has 4 rings (SSSR count). The van der Waals surface area contributed by atoms with Crippen molar-refractivity contribution in [1.29, 1.82) is 0 Å². The third-order valence-corrected chi connectivity index (χ3v) is 5.66. The summed E-state index contributed by atoms with van der Waals surface area (Å²) in [5.41, 5.74) is 0.557. The highest BCUT2D eigenvalue weighted by Gasteiger charge is 2.60. The zero-order valence-electron chi connectivity index (χ0n) is 12.5. The van der Waals surface area contributed by atoms with Gasteiger partial charge in [0.15, 0.2) is 0 Å². The highest BCUT2D eigenvalue weighted by atomic mass is 35.5. The van der Waals surface area contributed by atoms with E-state index >= 15 is 0 Å². The first-order valence-corrected chi connectivity index (χ1v) is 8.33. The number of amides is 3. The molecule has 23 heavy (non-hydrogen) atoms. The summed E-state index contributed by atoms with van der Waals surface area (Å²) in [7, 11) is 0. The first kappa shape index (κ1) is 14.7. The van der Waals surface area contributed by atoms with Crippen LogP contribution in [0, 0.1) is 23.7 Å². The normalized spacial score (nSPS) is 31.6. The van der Waals surface area contributed by atoms with Crippen molar-refractivity contribution in [3.8, 4) is 0 Å². The lowest BCUT2D eigenvalue weighted by molar-refractivity contribution is -0.143. The zero-order valence-corrected chi connectivity index (χ0v) is 13.3. The van der Waals surface area contributed by atoms with Crippen LogP contribution in [0.2, 0.25) is 5.02 Å². The standard InChI is InChI=1S/C17H17ClN2O3/c18-11-2-1-3-12(7-11)19-13(21)8-20-16(22)14-9-4-5-10(6-9)15(14)17(20)23/h1-3,7,9-10,14-15H,4-6,8H2,(H,19,21)/t9-,10-,14-,15+/m1/s1. The van der Waals surface area contributed by atoms with E-state index in [1.807, 2.05) is 0 Å². The van der Waals surface area contributed by atoms with Crippen molar-refractivity contribution < 1.29 is 14.4 Å². The molecule has 1 N–H and O–H groups in total. The summed E-state index contributed by atoms with van der Waals surface area (Å²) >= 11 is 5.88. The van der Waals surface area contributed by atoms with Crippen LogP contribution >= 0.6 is 11.6 Å². The Labute approximate surface area is 139 Å². The Bertz CT molecular complexity index is 677. The molecule has 1 saturated heterocycles. The number of hydrogen-bond acceptors (Lipinski definition) is 3. The van der Waals surface area contributed by atoms with Crippen LogP contribution in [-0.4, -0.2) is 29.2 Å². The van der Waals surface area contributed by atoms with Crippen molar-refractivity contribution in [2.75, 3.05) is 11.9 Å².